The molecule has 1 amide bonds. The van der Waals surface area contributed by atoms with Crippen LogP contribution in [0.5, 0.6) is 0 Å². The molecule has 2 aliphatic heterocycles. The molecular weight excluding hydrogens is 346 g/mol. The lowest BCUT2D eigenvalue weighted by Crippen LogP contribution is -2.44. The molecule has 0 radical (unpaired) electrons. The van der Waals surface area contributed by atoms with Crippen molar-refractivity contribution in [2.45, 2.75) is 50.1 Å². The third-order valence-corrected chi connectivity index (χ3v) is 7.09. The summed E-state index contributed by atoms with van der Waals surface area (Å²) >= 11 is 0. The van der Waals surface area contributed by atoms with E-state index in [2.05, 4.69) is 40.2 Å². The highest BCUT2D eigenvalue weighted by atomic mass is 16.2. The summed E-state index contributed by atoms with van der Waals surface area (Å²) in [6.07, 6.45) is 7.38. The lowest BCUT2D eigenvalue weighted by Gasteiger charge is -2.37. The lowest BCUT2D eigenvalue weighted by molar-refractivity contribution is -0.132. The number of nitrogens with zero attached hydrogens (tertiary/aromatic N) is 3. The summed E-state index contributed by atoms with van der Waals surface area (Å²) in [5.41, 5.74) is 2.50. The van der Waals surface area contributed by atoms with Crippen LogP contribution in [0.2, 0.25) is 0 Å². The zero-order valence-corrected chi connectivity index (χ0v) is 16.5. The molecule has 0 spiro atoms. The fourth-order valence-electron chi connectivity index (χ4n) is 5.34. The summed E-state index contributed by atoms with van der Waals surface area (Å²) in [5, 5.41) is 0. The van der Waals surface area contributed by atoms with Crippen LogP contribution in [0, 0.1) is 5.92 Å². The van der Waals surface area contributed by atoms with Gasteiger partial charge in [0.05, 0.1) is 12.2 Å². The van der Waals surface area contributed by atoms with Gasteiger partial charge in [0.15, 0.2) is 0 Å². The highest BCUT2D eigenvalue weighted by molar-refractivity contribution is 5.77. The molecule has 1 aromatic heterocycles. The van der Waals surface area contributed by atoms with Gasteiger partial charge in [-0.3, -0.25) is 14.7 Å². The van der Waals surface area contributed by atoms with E-state index in [4.69, 9.17) is 0 Å². The van der Waals surface area contributed by atoms with Crippen LogP contribution in [-0.4, -0.2) is 46.4 Å². The first kappa shape index (κ1) is 17.9. The van der Waals surface area contributed by atoms with Crippen LogP contribution < -0.4 is 0 Å². The highest BCUT2D eigenvalue weighted by Gasteiger charge is 2.51. The monoisotopic (exact) mass is 375 g/mol. The number of likely N-dealkylation sites (tertiary alicyclic amines) is 2. The van der Waals surface area contributed by atoms with E-state index in [9.17, 15) is 4.79 Å². The molecule has 146 valence electrons. The molecule has 1 aliphatic carbocycles. The molecule has 1 aromatic carbocycles. The number of hydrogen-bond acceptors (Lipinski definition) is 3. The van der Waals surface area contributed by atoms with Gasteiger partial charge in [0, 0.05) is 37.2 Å². The minimum Gasteiger partial charge on any atom is -0.337 e. The Hall–Kier alpha value is -2.20. The van der Waals surface area contributed by atoms with Crippen LogP contribution in [0.25, 0.3) is 0 Å². The van der Waals surface area contributed by atoms with Crippen molar-refractivity contribution in [2.75, 3.05) is 19.6 Å². The van der Waals surface area contributed by atoms with Gasteiger partial charge in [-0.2, -0.15) is 0 Å². The second kappa shape index (κ2) is 7.32. The molecule has 2 saturated heterocycles. The van der Waals surface area contributed by atoms with Gasteiger partial charge in [-0.25, -0.2) is 0 Å². The lowest BCUT2D eigenvalue weighted by atomic mass is 9.71. The Labute approximate surface area is 167 Å². The molecule has 2 atom stereocenters. The predicted molar refractivity (Wildman–Crippen MR) is 110 cm³/mol. The van der Waals surface area contributed by atoms with Gasteiger partial charge < -0.3 is 4.90 Å². The average molecular weight is 376 g/mol. The number of benzene rings is 1. The van der Waals surface area contributed by atoms with Crippen LogP contribution in [0.4, 0.5) is 0 Å². The molecule has 4 nitrogen and oxygen atoms in total. The molecule has 0 unspecified atom stereocenters. The van der Waals surface area contributed by atoms with Gasteiger partial charge >= 0.3 is 0 Å². The summed E-state index contributed by atoms with van der Waals surface area (Å²) in [6, 6.07) is 17.3. The number of carbonyl (C=O) groups is 1. The topological polar surface area (TPSA) is 36.4 Å². The molecule has 0 N–H and O–H groups in total. The molecule has 5 rings (SSSR count). The van der Waals surface area contributed by atoms with E-state index in [1.807, 2.05) is 29.3 Å². The number of fused-ring (bicyclic) bond motifs is 1. The Morgan fingerprint density at radius 1 is 1.00 bits per heavy atom. The molecule has 3 heterocycles. The second-order valence-corrected chi connectivity index (χ2v) is 8.82. The number of carbonyl (C=O) groups excluding carboxylic acids is 1. The molecule has 28 heavy (non-hydrogen) atoms. The van der Waals surface area contributed by atoms with Crippen molar-refractivity contribution in [3.63, 3.8) is 0 Å². The van der Waals surface area contributed by atoms with E-state index >= 15 is 0 Å². The van der Waals surface area contributed by atoms with Crippen LogP contribution in [0.3, 0.4) is 0 Å². The fourth-order valence-corrected chi connectivity index (χ4v) is 5.34. The van der Waals surface area contributed by atoms with Crippen molar-refractivity contribution in [3.8, 4) is 0 Å². The first-order chi connectivity index (χ1) is 13.7. The number of pyridine rings is 1. The van der Waals surface area contributed by atoms with Gasteiger partial charge in [0.1, 0.15) is 0 Å². The quantitative estimate of drug-likeness (QED) is 0.801. The van der Waals surface area contributed by atoms with Gasteiger partial charge in [-0.15, -0.1) is 0 Å². The van der Waals surface area contributed by atoms with Crippen molar-refractivity contribution >= 4 is 5.91 Å². The maximum atomic E-state index is 13.3. The maximum absolute atomic E-state index is 13.3. The van der Waals surface area contributed by atoms with E-state index < -0.39 is 0 Å². The van der Waals surface area contributed by atoms with Crippen LogP contribution in [0.1, 0.15) is 43.4 Å². The van der Waals surface area contributed by atoms with E-state index in [1.165, 1.54) is 31.4 Å². The zero-order valence-electron chi connectivity index (χ0n) is 16.5. The van der Waals surface area contributed by atoms with Gasteiger partial charge in [-0.05, 0) is 55.8 Å². The second-order valence-electron chi connectivity index (χ2n) is 8.82. The van der Waals surface area contributed by atoms with E-state index in [1.54, 1.807) is 0 Å². The molecular formula is C24H29N3O. The van der Waals surface area contributed by atoms with Crippen molar-refractivity contribution in [1.29, 1.82) is 0 Å². The molecule has 3 fully saturated rings. The summed E-state index contributed by atoms with van der Waals surface area (Å²) < 4.78 is 0. The summed E-state index contributed by atoms with van der Waals surface area (Å²) in [5.74, 6) is 1.14. The molecule has 3 aliphatic rings. The molecule has 4 heteroatoms. The van der Waals surface area contributed by atoms with Crippen LogP contribution in [0.15, 0.2) is 54.7 Å². The van der Waals surface area contributed by atoms with E-state index in [-0.39, 0.29) is 11.3 Å². The van der Waals surface area contributed by atoms with Crippen molar-refractivity contribution in [2.24, 2.45) is 5.92 Å². The number of aromatic nitrogens is 1. The SMILES string of the molecule is O=C1C[C@@H]2N(CC3CC3)CC[C@@]2(c2ccccc2)CCN1Cc1ccccn1. The minimum atomic E-state index is 0.102. The normalized spacial score (nSPS) is 28.2. The fraction of sp³-hybridized carbons (Fsp3) is 0.500. The average Bonchev–Trinajstić information content (AvgIpc) is 3.51. The largest absolute Gasteiger partial charge is 0.337 e. The summed E-state index contributed by atoms with van der Waals surface area (Å²) in [6.45, 7) is 3.74. The smallest absolute Gasteiger partial charge is 0.224 e. The van der Waals surface area contributed by atoms with Gasteiger partial charge in [-0.1, -0.05) is 36.4 Å². The minimum absolute atomic E-state index is 0.102. The Balaban J connectivity index is 1.44. The summed E-state index contributed by atoms with van der Waals surface area (Å²) in [7, 11) is 0. The van der Waals surface area contributed by atoms with Gasteiger partial charge in [0.2, 0.25) is 5.91 Å². The molecule has 0 bridgehead atoms. The third-order valence-electron chi connectivity index (χ3n) is 7.09. The van der Waals surface area contributed by atoms with Gasteiger partial charge in [0.25, 0.3) is 0 Å². The standard InChI is InChI=1S/C24H29N3O/c28-23-16-22-24(20-6-2-1-3-7-20,11-14-26(22)17-19-9-10-19)12-15-27(23)18-21-8-4-5-13-25-21/h1-8,13,19,22H,9-12,14-18H2/t22-,24-/m0/s1. The third kappa shape index (κ3) is 3.35. The number of hydrogen-bond donors (Lipinski definition) is 0. The molecule has 1 saturated carbocycles. The Morgan fingerprint density at radius 2 is 1.79 bits per heavy atom. The molecule has 2 aromatic rings. The van der Waals surface area contributed by atoms with E-state index in [0.717, 1.165) is 31.1 Å². The maximum Gasteiger partial charge on any atom is 0.224 e. The summed E-state index contributed by atoms with van der Waals surface area (Å²) in [4.78, 5) is 22.4. The van der Waals surface area contributed by atoms with Crippen LogP contribution in [-0.2, 0) is 16.8 Å². The van der Waals surface area contributed by atoms with E-state index in [0.29, 0.717) is 19.0 Å². The highest BCUT2D eigenvalue weighted by Crippen LogP contribution is 2.47. The Bertz CT molecular complexity index is 820. The van der Waals surface area contributed by atoms with Crippen molar-refractivity contribution in [3.05, 3.63) is 66.0 Å². The Morgan fingerprint density at radius 3 is 2.54 bits per heavy atom. The number of amides is 1. The predicted octanol–water partition coefficient (Wildman–Crippen LogP) is 3.63. The Kier molecular flexibility index (Phi) is 4.67. The van der Waals surface area contributed by atoms with Crippen molar-refractivity contribution in [1.82, 2.24) is 14.8 Å². The first-order valence-corrected chi connectivity index (χ1v) is 10.7. The number of rotatable bonds is 5. The van der Waals surface area contributed by atoms with Crippen molar-refractivity contribution < 1.29 is 4.79 Å². The first-order valence-electron chi connectivity index (χ1n) is 10.7. The zero-order chi connectivity index (χ0) is 19.0. The van der Waals surface area contributed by atoms with Crippen LogP contribution >= 0.6 is 0 Å².